The summed E-state index contributed by atoms with van der Waals surface area (Å²) in [4.78, 5) is 23.5. The molecule has 120 valence electrons. The summed E-state index contributed by atoms with van der Waals surface area (Å²) in [5, 5.41) is 0. The van der Waals surface area contributed by atoms with Crippen LogP contribution in [-0.4, -0.2) is 26.2 Å². The van der Waals surface area contributed by atoms with Crippen LogP contribution in [0.3, 0.4) is 0 Å². The molecule has 0 fully saturated rings. The molecule has 0 atom stereocenters. The second-order valence-corrected chi connectivity index (χ2v) is 4.90. The molecule has 0 bridgehead atoms. The molecule has 5 nitrogen and oxygen atoms in total. The van der Waals surface area contributed by atoms with Crippen LogP contribution < -0.4 is 9.47 Å². The predicted octanol–water partition coefficient (Wildman–Crippen LogP) is 2.56. The minimum atomic E-state index is -0.575. The Balaban J connectivity index is 1.84. The molecule has 0 saturated heterocycles. The van der Waals surface area contributed by atoms with Gasteiger partial charge in [-0.25, -0.2) is 0 Å². The fourth-order valence-corrected chi connectivity index (χ4v) is 2.02. The molecular weight excluding hydrogens is 296 g/mol. The number of benzene rings is 2. The number of esters is 2. The fraction of sp³-hybridized carbons (Fsp3) is 0.222. The summed E-state index contributed by atoms with van der Waals surface area (Å²) in [7, 11) is 3.14. The van der Waals surface area contributed by atoms with E-state index < -0.39 is 11.9 Å². The predicted molar refractivity (Wildman–Crippen MR) is 84.5 cm³/mol. The number of methoxy groups -OCH3 is 2. The topological polar surface area (TPSA) is 61.8 Å². The standard InChI is InChI=1S/C18H18O5/c1-21-15-7-3-13(4-8-15)11-17(19)23-18(20)12-14-5-9-16(22-2)10-6-14/h3-10H,11-12H2,1-2H3. The molecule has 23 heavy (non-hydrogen) atoms. The van der Waals surface area contributed by atoms with Gasteiger partial charge >= 0.3 is 11.9 Å². The van der Waals surface area contributed by atoms with Crippen molar-refractivity contribution in [3.8, 4) is 11.5 Å². The third-order valence-electron chi connectivity index (χ3n) is 3.24. The Morgan fingerprint density at radius 2 is 1.04 bits per heavy atom. The Morgan fingerprint density at radius 1 is 0.696 bits per heavy atom. The zero-order valence-corrected chi connectivity index (χ0v) is 13.1. The van der Waals surface area contributed by atoms with E-state index in [1.54, 1.807) is 62.8 Å². The van der Waals surface area contributed by atoms with Crippen LogP contribution in [0, 0.1) is 0 Å². The Kier molecular flexibility index (Phi) is 5.74. The first kappa shape index (κ1) is 16.5. The van der Waals surface area contributed by atoms with Gasteiger partial charge in [-0.1, -0.05) is 24.3 Å². The van der Waals surface area contributed by atoms with Crippen LogP contribution in [0.25, 0.3) is 0 Å². The smallest absolute Gasteiger partial charge is 0.317 e. The summed E-state index contributed by atoms with van der Waals surface area (Å²) in [6.45, 7) is 0. The summed E-state index contributed by atoms with van der Waals surface area (Å²) in [6.07, 6.45) is 0.0801. The van der Waals surface area contributed by atoms with Crippen molar-refractivity contribution in [2.24, 2.45) is 0 Å². The first-order valence-electron chi connectivity index (χ1n) is 7.10. The van der Waals surface area contributed by atoms with Crippen molar-refractivity contribution in [1.82, 2.24) is 0 Å². The zero-order valence-electron chi connectivity index (χ0n) is 13.1. The molecule has 2 aromatic rings. The molecule has 0 aliphatic heterocycles. The third kappa shape index (κ3) is 5.14. The van der Waals surface area contributed by atoms with Gasteiger partial charge in [0.1, 0.15) is 11.5 Å². The summed E-state index contributed by atoms with van der Waals surface area (Å²) in [5.74, 6) is 0.262. The van der Waals surface area contributed by atoms with E-state index in [1.807, 2.05) is 0 Å². The third-order valence-corrected chi connectivity index (χ3v) is 3.24. The number of carbonyl (C=O) groups excluding carboxylic acids is 2. The second kappa shape index (κ2) is 7.98. The average molecular weight is 314 g/mol. The number of carbonyl (C=O) groups is 2. The highest BCUT2D eigenvalue weighted by Gasteiger charge is 2.12. The highest BCUT2D eigenvalue weighted by atomic mass is 16.6. The maximum atomic E-state index is 11.8. The molecule has 0 aromatic heterocycles. The van der Waals surface area contributed by atoms with Crippen LogP contribution in [0.2, 0.25) is 0 Å². The molecule has 0 heterocycles. The van der Waals surface area contributed by atoms with Gasteiger partial charge < -0.3 is 14.2 Å². The lowest BCUT2D eigenvalue weighted by Gasteiger charge is -2.05. The lowest BCUT2D eigenvalue weighted by Crippen LogP contribution is -2.16. The van der Waals surface area contributed by atoms with E-state index in [-0.39, 0.29) is 12.8 Å². The normalized spacial score (nSPS) is 10.0. The Morgan fingerprint density at radius 3 is 1.35 bits per heavy atom. The van der Waals surface area contributed by atoms with Gasteiger partial charge in [0.25, 0.3) is 0 Å². The first-order valence-corrected chi connectivity index (χ1v) is 7.10. The van der Waals surface area contributed by atoms with Crippen LogP contribution in [0.15, 0.2) is 48.5 Å². The maximum absolute atomic E-state index is 11.8. The van der Waals surface area contributed by atoms with Crippen molar-refractivity contribution >= 4 is 11.9 Å². The molecule has 0 amide bonds. The minimum Gasteiger partial charge on any atom is -0.497 e. The van der Waals surface area contributed by atoms with Crippen molar-refractivity contribution < 1.29 is 23.8 Å². The van der Waals surface area contributed by atoms with Gasteiger partial charge in [-0.15, -0.1) is 0 Å². The number of rotatable bonds is 6. The summed E-state index contributed by atoms with van der Waals surface area (Å²) < 4.78 is 14.9. The molecule has 2 aromatic carbocycles. The monoisotopic (exact) mass is 314 g/mol. The van der Waals surface area contributed by atoms with Crippen molar-refractivity contribution in [2.45, 2.75) is 12.8 Å². The van der Waals surface area contributed by atoms with E-state index in [0.29, 0.717) is 11.5 Å². The summed E-state index contributed by atoms with van der Waals surface area (Å²) in [5.41, 5.74) is 1.51. The van der Waals surface area contributed by atoms with Gasteiger partial charge in [-0.05, 0) is 35.4 Å². The van der Waals surface area contributed by atoms with Gasteiger partial charge in [0, 0.05) is 0 Å². The Labute approximate surface area is 134 Å². The highest BCUT2D eigenvalue weighted by molar-refractivity contribution is 5.87. The van der Waals surface area contributed by atoms with E-state index >= 15 is 0 Å². The molecule has 2 rings (SSSR count). The highest BCUT2D eigenvalue weighted by Crippen LogP contribution is 2.13. The zero-order chi connectivity index (χ0) is 16.7. The van der Waals surface area contributed by atoms with Gasteiger partial charge in [-0.3, -0.25) is 9.59 Å². The van der Waals surface area contributed by atoms with E-state index in [9.17, 15) is 9.59 Å². The van der Waals surface area contributed by atoms with Crippen LogP contribution in [0.5, 0.6) is 11.5 Å². The van der Waals surface area contributed by atoms with Crippen LogP contribution >= 0.6 is 0 Å². The molecule has 0 aliphatic carbocycles. The molecule has 5 heteroatoms. The average Bonchev–Trinajstić information content (AvgIpc) is 2.56. The largest absolute Gasteiger partial charge is 0.497 e. The number of hydrogen-bond donors (Lipinski definition) is 0. The Hall–Kier alpha value is -2.82. The molecule has 0 aliphatic rings. The summed E-state index contributed by atoms with van der Waals surface area (Å²) in [6, 6.07) is 14.0. The number of hydrogen-bond acceptors (Lipinski definition) is 5. The van der Waals surface area contributed by atoms with Crippen LogP contribution in [0.1, 0.15) is 11.1 Å². The van der Waals surface area contributed by atoms with Crippen molar-refractivity contribution in [2.75, 3.05) is 14.2 Å². The molecule has 0 radical (unpaired) electrons. The van der Waals surface area contributed by atoms with Crippen LogP contribution in [0.4, 0.5) is 0 Å². The SMILES string of the molecule is COc1ccc(CC(=O)OC(=O)Cc2ccc(OC)cc2)cc1. The van der Waals surface area contributed by atoms with Crippen molar-refractivity contribution in [1.29, 1.82) is 0 Å². The first-order chi connectivity index (χ1) is 11.1. The molecule has 0 spiro atoms. The molecule has 0 unspecified atom stereocenters. The second-order valence-electron chi connectivity index (χ2n) is 4.90. The minimum absolute atomic E-state index is 0.0400. The van der Waals surface area contributed by atoms with Crippen molar-refractivity contribution in [3.63, 3.8) is 0 Å². The Bertz CT molecular complexity index is 599. The fourth-order valence-electron chi connectivity index (χ4n) is 2.02. The molecular formula is C18H18O5. The van der Waals surface area contributed by atoms with Crippen molar-refractivity contribution in [3.05, 3.63) is 59.7 Å². The van der Waals surface area contributed by atoms with Crippen LogP contribution in [-0.2, 0) is 27.2 Å². The van der Waals surface area contributed by atoms with Gasteiger partial charge in [0.15, 0.2) is 0 Å². The van der Waals surface area contributed by atoms with E-state index in [0.717, 1.165) is 11.1 Å². The van der Waals surface area contributed by atoms with Gasteiger partial charge in [0.2, 0.25) is 0 Å². The quantitative estimate of drug-likeness (QED) is 0.606. The molecule has 0 N–H and O–H groups in total. The maximum Gasteiger partial charge on any atom is 0.317 e. The lowest BCUT2D eigenvalue weighted by molar-refractivity contribution is -0.158. The van der Waals surface area contributed by atoms with E-state index in [2.05, 4.69) is 0 Å². The summed E-state index contributed by atoms with van der Waals surface area (Å²) >= 11 is 0. The molecule has 0 saturated carbocycles. The lowest BCUT2D eigenvalue weighted by atomic mass is 10.1. The van der Waals surface area contributed by atoms with E-state index in [4.69, 9.17) is 14.2 Å². The van der Waals surface area contributed by atoms with E-state index in [1.165, 1.54) is 0 Å². The van der Waals surface area contributed by atoms with Gasteiger partial charge in [0.05, 0.1) is 27.1 Å². The van der Waals surface area contributed by atoms with Gasteiger partial charge in [-0.2, -0.15) is 0 Å². The number of ether oxygens (including phenoxy) is 3.